The van der Waals surface area contributed by atoms with Gasteiger partial charge in [0.2, 0.25) is 0 Å². The number of benzene rings is 1. The number of aryl methyl sites for hydroxylation is 1. The van der Waals surface area contributed by atoms with Gasteiger partial charge in [-0.15, -0.1) is 11.3 Å². The molecule has 25 heavy (non-hydrogen) atoms. The highest BCUT2D eigenvalue weighted by molar-refractivity contribution is 7.17. The molecule has 0 aliphatic rings. The molecule has 0 unspecified atom stereocenters. The zero-order valence-corrected chi connectivity index (χ0v) is 14.7. The zero-order valence-electron chi connectivity index (χ0n) is 13.9. The summed E-state index contributed by atoms with van der Waals surface area (Å²) in [5.41, 5.74) is 2.16. The molecule has 1 N–H and O–H groups in total. The van der Waals surface area contributed by atoms with Crippen LogP contribution in [0, 0.1) is 18.3 Å². The lowest BCUT2D eigenvalue weighted by atomic mass is 10.1. The molecule has 2 heterocycles. The molecule has 0 radical (unpaired) electrons. The van der Waals surface area contributed by atoms with Gasteiger partial charge < -0.3 is 5.32 Å². The molecule has 0 saturated carbocycles. The zero-order chi connectivity index (χ0) is 18.0. The first-order chi connectivity index (χ1) is 12.0. The Morgan fingerprint density at radius 2 is 2.20 bits per heavy atom. The van der Waals surface area contributed by atoms with Crippen molar-refractivity contribution in [3.63, 3.8) is 0 Å². The van der Waals surface area contributed by atoms with Gasteiger partial charge >= 0.3 is 0 Å². The van der Waals surface area contributed by atoms with Gasteiger partial charge in [0.25, 0.3) is 11.5 Å². The van der Waals surface area contributed by atoms with Crippen LogP contribution in [0.25, 0.3) is 4.96 Å². The van der Waals surface area contributed by atoms with Gasteiger partial charge in [-0.05, 0) is 31.5 Å². The molecule has 0 bridgehead atoms. The molecule has 0 aliphatic carbocycles. The Kier molecular flexibility index (Phi) is 4.63. The van der Waals surface area contributed by atoms with Crippen molar-refractivity contribution in [3.05, 3.63) is 68.1 Å². The highest BCUT2D eigenvalue weighted by atomic mass is 32.1. The standard InChI is InChI=1S/C18H16N4O2S/c1-3-20-17(24)16-11(2)25-18-21-14(9-15(23)22(16)18)8-12-5-4-6-13(7-12)10-19/h4-7,9H,3,8H2,1-2H3,(H,20,24). The van der Waals surface area contributed by atoms with Crippen molar-refractivity contribution >= 4 is 22.2 Å². The Bertz CT molecular complexity index is 1060. The molecule has 0 saturated heterocycles. The van der Waals surface area contributed by atoms with Crippen LogP contribution in [0.5, 0.6) is 0 Å². The number of rotatable bonds is 4. The maximum atomic E-state index is 12.6. The molecule has 0 atom stereocenters. The number of nitriles is 1. The Labute approximate surface area is 148 Å². The number of thiazole rings is 1. The van der Waals surface area contributed by atoms with E-state index in [0.29, 0.717) is 34.9 Å². The molecule has 0 spiro atoms. The van der Waals surface area contributed by atoms with E-state index in [-0.39, 0.29) is 11.5 Å². The van der Waals surface area contributed by atoms with Crippen molar-refractivity contribution in [1.29, 1.82) is 5.26 Å². The average Bonchev–Trinajstić information content (AvgIpc) is 2.91. The molecule has 0 fully saturated rings. The second-order valence-electron chi connectivity index (χ2n) is 5.56. The SMILES string of the molecule is CCNC(=O)c1c(C)sc2nc(Cc3cccc(C#N)c3)cc(=O)n12. The fraction of sp³-hybridized carbons (Fsp3) is 0.222. The van der Waals surface area contributed by atoms with Crippen molar-refractivity contribution < 1.29 is 4.79 Å². The van der Waals surface area contributed by atoms with Gasteiger partial charge in [0, 0.05) is 23.9 Å². The Hall–Kier alpha value is -2.98. The molecule has 3 aromatic rings. The molecule has 2 aromatic heterocycles. The van der Waals surface area contributed by atoms with E-state index < -0.39 is 0 Å². The van der Waals surface area contributed by atoms with Crippen LogP contribution in [0.4, 0.5) is 0 Å². The molecule has 1 amide bonds. The van der Waals surface area contributed by atoms with Gasteiger partial charge in [0.15, 0.2) is 4.96 Å². The van der Waals surface area contributed by atoms with Crippen molar-refractivity contribution in [2.45, 2.75) is 20.3 Å². The minimum Gasteiger partial charge on any atom is -0.351 e. The van der Waals surface area contributed by atoms with Gasteiger partial charge in [-0.2, -0.15) is 5.26 Å². The number of hydrogen-bond donors (Lipinski definition) is 1. The molecule has 3 rings (SSSR count). The first kappa shape index (κ1) is 16.9. The van der Waals surface area contributed by atoms with Crippen LogP contribution in [0.3, 0.4) is 0 Å². The van der Waals surface area contributed by atoms with Crippen molar-refractivity contribution in [2.24, 2.45) is 0 Å². The summed E-state index contributed by atoms with van der Waals surface area (Å²) in [6.07, 6.45) is 0.453. The summed E-state index contributed by atoms with van der Waals surface area (Å²) in [4.78, 5) is 30.5. The Morgan fingerprint density at radius 3 is 2.92 bits per heavy atom. The van der Waals surface area contributed by atoms with Crippen LogP contribution in [-0.2, 0) is 6.42 Å². The summed E-state index contributed by atoms with van der Waals surface area (Å²) < 4.78 is 1.36. The summed E-state index contributed by atoms with van der Waals surface area (Å²) in [5.74, 6) is -0.273. The molecule has 0 aliphatic heterocycles. The number of aromatic nitrogens is 2. The Morgan fingerprint density at radius 1 is 1.40 bits per heavy atom. The highest BCUT2D eigenvalue weighted by Crippen LogP contribution is 2.20. The number of carbonyl (C=O) groups is 1. The smallest absolute Gasteiger partial charge is 0.269 e. The third kappa shape index (κ3) is 3.30. The molecule has 6 nitrogen and oxygen atoms in total. The third-order valence-electron chi connectivity index (χ3n) is 3.74. The van der Waals surface area contributed by atoms with E-state index in [9.17, 15) is 9.59 Å². The van der Waals surface area contributed by atoms with Crippen LogP contribution in [-0.4, -0.2) is 21.8 Å². The first-order valence-corrected chi connectivity index (χ1v) is 8.64. The predicted octanol–water partition coefficient (Wildman–Crippen LogP) is 2.28. The second-order valence-corrected chi connectivity index (χ2v) is 6.74. The quantitative estimate of drug-likeness (QED) is 0.780. The van der Waals surface area contributed by atoms with Crippen LogP contribution in [0.1, 0.15) is 39.1 Å². The van der Waals surface area contributed by atoms with Crippen LogP contribution in [0.2, 0.25) is 0 Å². The number of fused-ring (bicyclic) bond motifs is 1. The lowest BCUT2D eigenvalue weighted by Crippen LogP contribution is -2.28. The monoisotopic (exact) mass is 352 g/mol. The maximum absolute atomic E-state index is 12.6. The normalized spacial score (nSPS) is 10.6. The summed E-state index contributed by atoms with van der Waals surface area (Å²) in [6, 6.07) is 10.8. The average molecular weight is 352 g/mol. The second kappa shape index (κ2) is 6.87. The van der Waals surface area contributed by atoms with Gasteiger partial charge in [0.05, 0.1) is 17.3 Å². The van der Waals surface area contributed by atoms with E-state index in [0.717, 1.165) is 10.4 Å². The minimum absolute atomic E-state index is 0.273. The molecular weight excluding hydrogens is 336 g/mol. The van der Waals surface area contributed by atoms with Crippen LogP contribution in [0.15, 0.2) is 35.1 Å². The summed E-state index contributed by atoms with van der Waals surface area (Å²) in [5, 5.41) is 11.7. The van der Waals surface area contributed by atoms with E-state index in [2.05, 4.69) is 16.4 Å². The lowest BCUT2D eigenvalue weighted by molar-refractivity contribution is 0.0949. The Balaban J connectivity index is 2.04. The van der Waals surface area contributed by atoms with Crippen molar-refractivity contribution in [3.8, 4) is 6.07 Å². The van der Waals surface area contributed by atoms with Crippen LogP contribution < -0.4 is 10.9 Å². The fourth-order valence-corrected chi connectivity index (χ4v) is 3.67. The summed E-state index contributed by atoms with van der Waals surface area (Å²) in [6.45, 7) is 4.13. The van der Waals surface area contributed by atoms with Gasteiger partial charge in [-0.1, -0.05) is 12.1 Å². The van der Waals surface area contributed by atoms with E-state index in [1.165, 1.54) is 21.8 Å². The largest absolute Gasteiger partial charge is 0.351 e. The van der Waals surface area contributed by atoms with E-state index in [1.807, 2.05) is 19.1 Å². The summed E-state index contributed by atoms with van der Waals surface area (Å²) in [7, 11) is 0. The van der Waals surface area contributed by atoms with Gasteiger partial charge in [-0.3, -0.25) is 9.59 Å². The van der Waals surface area contributed by atoms with Gasteiger partial charge in [-0.25, -0.2) is 9.38 Å². The minimum atomic E-state index is -0.276. The number of carbonyl (C=O) groups excluding carboxylic acids is 1. The van der Waals surface area contributed by atoms with Crippen LogP contribution >= 0.6 is 11.3 Å². The van der Waals surface area contributed by atoms with Gasteiger partial charge in [0.1, 0.15) is 5.69 Å². The third-order valence-corrected chi connectivity index (χ3v) is 4.69. The topological polar surface area (TPSA) is 87.3 Å². The van der Waals surface area contributed by atoms with E-state index >= 15 is 0 Å². The number of hydrogen-bond acceptors (Lipinski definition) is 5. The highest BCUT2D eigenvalue weighted by Gasteiger charge is 2.18. The molecular formula is C18H16N4O2S. The molecule has 1 aromatic carbocycles. The predicted molar refractivity (Wildman–Crippen MR) is 96.0 cm³/mol. The number of nitrogens with zero attached hydrogens (tertiary/aromatic N) is 3. The van der Waals surface area contributed by atoms with Crippen molar-refractivity contribution in [1.82, 2.24) is 14.7 Å². The fourth-order valence-electron chi connectivity index (χ4n) is 2.68. The number of nitrogens with one attached hydrogen (secondary N) is 1. The maximum Gasteiger partial charge on any atom is 0.269 e. The molecule has 7 heteroatoms. The summed E-state index contributed by atoms with van der Waals surface area (Å²) >= 11 is 1.32. The van der Waals surface area contributed by atoms with E-state index in [1.54, 1.807) is 19.1 Å². The molecule has 126 valence electrons. The first-order valence-electron chi connectivity index (χ1n) is 7.82. The van der Waals surface area contributed by atoms with Crippen molar-refractivity contribution in [2.75, 3.05) is 6.54 Å². The lowest BCUT2D eigenvalue weighted by Gasteiger charge is -2.05. The van der Waals surface area contributed by atoms with E-state index in [4.69, 9.17) is 5.26 Å². The number of amides is 1.